The third-order valence-corrected chi connectivity index (χ3v) is 5.82. The number of hydrogen-bond donors (Lipinski definition) is 2. The minimum atomic E-state index is -3.84. The standard InChI is InChI=1S/C22H20N4O3S/c1-15-10-12-18(13-11-15)30(27,28)26-22-21(23-16-6-5-7-17(14-16)29-2)24-19-8-3-4-9-20(19)25-22/h3-14H,1-2H3,(H,23,24)(H,25,26). The zero-order chi connectivity index (χ0) is 21.1. The van der Waals surface area contributed by atoms with Gasteiger partial charge >= 0.3 is 0 Å². The highest BCUT2D eigenvalue weighted by atomic mass is 32.2. The maximum atomic E-state index is 12.9. The van der Waals surface area contributed by atoms with Crippen LogP contribution in [0.2, 0.25) is 0 Å². The van der Waals surface area contributed by atoms with Gasteiger partial charge in [0.1, 0.15) is 5.75 Å². The second-order valence-electron chi connectivity index (χ2n) is 6.69. The van der Waals surface area contributed by atoms with E-state index in [0.717, 1.165) is 5.56 Å². The van der Waals surface area contributed by atoms with Crippen molar-refractivity contribution in [2.24, 2.45) is 0 Å². The molecule has 0 saturated carbocycles. The van der Waals surface area contributed by atoms with Crippen molar-refractivity contribution in [1.82, 2.24) is 9.97 Å². The van der Waals surface area contributed by atoms with Crippen molar-refractivity contribution in [3.8, 4) is 5.75 Å². The lowest BCUT2D eigenvalue weighted by Gasteiger charge is -2.14. The van der Waals surface area contributed by atoms with Gasteiger partial charge in [0, 0.05) is 11.8 Å². The fourth-order valence-corrected chi connectivity index (χ4v) is 3.91. The zero-order valence-electron chi connectivity index (χ0n) is 16.5. The normalized spacial score (nSPS) is 11.3. The summed E-state index contributed by atoms with van der Waals surface area (Å²) in [6, 6.07) is 21.1. The van der Waals surface area contributed by atoms with E-state index in [1.54, 1.807) is 43.5 Å². The molecular weight excluding hydrogens is 400 g/mol. The number of aromatic nitrogens is 2. The van der Waals surface area contributed by atoms with Crippen molar-refractivity contribution in [3.63, 3.8) is 0 Å². The molecule has 4 rings (SSSR count). The summed E-state index contributed by atoms with van der Waals surface area (Å²) in [5.41, 5.74) is 2.88. The van der Waals surface area contributed by atoms with Gasteiger partial charge in [-0.05, 0) is 43.3 Å². The quantitative estimate of drug-likeness (QED) is 0.477. The van der Waals surface area contributed by atoms with Crippen LogP contribution >= 0.6 is 0 Å². The van der Waals surface area contributed by atoms with E-state index in [1.165, 1.54) is 0 Å². The number of benzene rings is 3. The van der Waals surface area contributed by atoms with E-state index in [4.69, 9.17) is 4.74 Å². The second kappa shape index (κ2) is 8.00. The summed E-state index contributed by atoms with van der Waals surface area (Å²) in [5, 5.41) is 3.14. The number of methoxy groups -OCH3 is 1. The Morgan fingerprint density at radius 1 is 0.833 bits per heavy atom. The van der Waals surface area contributed by atoms with Gasteiger partial charge in [0.2, 0.25) is 0 Å². The van der Waals surface area contributed by atoms with Gasteiger partial charge in [0.25, 0.3) is 10.0 Å². The molecule has 30 heavy (non-hydrogen) atoms. The number of hydrogen-bond acceptors (Lipinski definition) is 6. The maximum absolute atomic E-state index is 12.9. The topological polar surface area (TPSA) is 93.2 Å². The molecule has 0 saturated heterocycles. The number of rotatable bonds is 6. The fraction of sp³-hybridized carbons (Fsp3) is 0.0909. The smallest absolute Gasteiger partial charge is 0.263 e. The van der Waals surface area contributed by atoms with Gasteiger partial charge in [0.05, 0.1) is 23.0 Å². The van der Waals surface area contributed by atoms with E-state index >= 15 is 0 Å². The van der Waals surface area contributed by atoms with Crippen LogP contribution in [0.3, 0.4) is 0 Å². The number of para-hydroxylation sites is 2. The first-order valence-electron chi connectivity index (χ1n) is 9.22. The van der Waals surface area contributed by atoms with Crippen LogP contribution in [0.15, 0.2) is 77.7 Å². The van der Waals surface area contributed by atoms with Crippen LogP contribution in [-0.4, -0.2) is 25.5 Å². The molecule has 0 aliphatic carbocycles. The molecule has 1 aromatic heterocycles. The molecule has 0 spiro atoms. The van der Waals surface area contributed by atoms with E-state index in [0.29, 0.717) is 22.5 Å². The Morgan fingerprint density at radius 3 is 2.17 bits per heavy atom. The van der Waals surface area contributed by atoms with Crippen LogP contribution in [0, 0.1) is 6.92 Å². The van der Waals surface area contributed by atoms with Crippen molar-refractivity contribution in [2.75, 3.05) is 17.1 Å². The Kier molecular flexibility index (Phi) is 5.24. The minimum absolute atomic E-state index is 0.108. The largest absolute Gasteiger partial charge is 0.497 e. The summed E-state index contributed by atoms with van der Waals surface area (Å²) in [7, 11) is -2.26. The van der Waals surface area contributed by atoms with Crippen molar-refractivity contribution >= 4 is 38.4 Å². The Labute approximate surface area is 174 Å². The summed E-state index contributed by atoms with van der Waals surface area (Å²) in [6.07, 6.45) is 0. The minimum Gasteiger partial charge on any atom is -0.497 e. The number of fused-ring (bicyclic) bond motifs is 1. The first kappa shape index (κ1) is 19.7. The molecule has 8 heteroatoms. The van der Waals surface area contributed by atoms with Crippen LogP contribution in [0.5, 0.6) is 5.75 Å². The molecule has 0 atom stereocenters. The van der Waals surface area contributed by atoms with Crippen LogP contribution in [-0.2, 0) is 10.0 Å². The highest BCUT2D eigenvalue weighted by Gasteiger charge is 2.19. The highest BCUT2D eigenvalue weighted by molar-refractivity contribution is 7.92. The molecule has 152 valence electrons. The van der Waals surface area contributed by atoms with Crippen LogP contribution in [0.1, 0.15) is 5.56 Å². The summed E-state index contributed by atoms with van der Waals surface area (Å²) in [4.78, 5) is 9.22. The molecule has 0 amide bonds. The first-order valence-corrected chi connectivity index (χ1v) is 10.7. The van der Waals surface area contributed by atoms with Gasteiger partial charge in [0.15, 0.2) is 11.6 Å². The van der Waals surface area contributed by atoms with Gasteiger partial charge in [-0.3, -0.25) is 4.72 Å². The molecule has 4 aromatic rings. The maximum Gasteiger partial charge on any atom is 0.263 e. The van der Waals surface area contributed by atoms with Crippen molar-refractivity contribution < 1.29 is 13.2 Å². The van der Waals surface area contributed by atoms with E-state index in [1.807, 2.05) is 43.3 Å². The lowest BCUT2D eigenvalue weighted by atomic mass is 10.2. The Morgan fingerprint density at radius 2 is 1.50 bits per heavy atom. The number of aryl methyl sites for hydroxylation is 1. The zero-order valence-corrected chi connectivity index (χ0v) is 17.3. The first-order chi connectivity index (χ1) is 14.4. The summed E-state index contributed by atoms with van der Waals surface area (Å²) >= 11 is 0. The molecule has 2 N–H and O–H groups in total. The summed E-state index contributed by atoms with van der Waals surface area (Å²) < 4.78 is 33.7. The number of ether oxygens (including phenoxy) is 1. The van der Waals surface area contributed by atoms with E-state index in [9.17, 15) is 8.42 Å². The predicted octanol–water partition coefficient (Wildman–Crippen LogP) is 4.49. The third-order valence-electron chi connectivity index (χ3n) is 4.47. The molecule has 7 nitrogen and oxygen atoms in total. The summed E-state index contributed by atoms with van der Waals surface area (Å²) in [5.74, 6) is 1.06. The molecule has 1 heterocycles. The van der Waals surface area contributed by atoms with E-state index in [2.05, 4.69) is 20.0 Å². The van der Waals surface area contributed by atoms with Gasteiger partial charge in [-0.2, -0.15) is 0 Å². The van der Waals surface area contributed by atoms with Gasteiger partial charge in [-0.15, -0.1) is 0 Å². The number of nitrogens with zero attached hydrogens (tertiary/aromatic N) is 2. The van der Waals surface area contributed by atoms with Crippen LogP contribution < -0.4 is 14.8 Å². The fourth-order valence-electron chi connectivity index (χ4n) is 2.90. The average molecular weight is 420 g/mol. The molecule has 0 unspecified atom stereocenters. The monoisotopic (exact) mass is 420 g/mol. The molecule has 0 aliphatic heterocycles. The lowest BCUT2D eigenvalue weighted by Crippen LogP contribution is -2.16. The molecule has 3 aromatic carbocycles. The Bertz CT molecular complexity index is 1310. The molecule has 0 aliphatic rings. The van der Waals surface area contributed by atoms with Gasteiger partial charge in [-0.25, -0.2) is 18.4 Å². The third kappa shape index (κ3) is 4.18. The summed E-state index contributed by atoms with van der Waals surface area (Å²) in [6.45, 7) is 1.90. The van der Waals surface area contributed by atoms with Gasteiger partial charge < -0.3 is 10.1 Å². The Hall–Kier alpha value is -3.65. The molecule has 0 radical (unpaired) electrons. The SMILES string of the molecule is COc1cccc(Nc2nc3ccccc3nc2NS(=O)(=O)c2ccc(C)cc2)c1. The van der Waals surface area contributed by atoms with Gasteiger partial charge in [-0.1, -0.05) is 35.9 Å². The number of nitrogens with one attached hydrogen (secondary N) is 2. The van der Waals surface area contributed by atoms with E-state index < -0.39 is 10.0 Å². The second-order valence-corrected chi connectivity index (χ2v) is 8.37. The van der Waals surface area contributed by atoms with E-state index in [-0.39, 0.29) is 16.5 Å². The van der Waals surface area contributed by atoms with Crippen LogP contribution in [0.25, 0.3) is 11.0 Å². The van der Waals surface area contributed by atoms with Crippen molar-refractivity contribution in [1.29, 1.82) is 0 Å². The molecule has 0 bridgehead atoms. The molecule has 0 fully saturated rings. The van der Waals surface area contributed by atoms with Crippen molar-refractivity contribution in [2.45, 2.75) is 11.8 Å². The number of sulfonamides is 1. The Balaban J connectivity index is 1.77. The van der Waals surface area contributed by atoms with Crippen LogP contribution in [0.4, 0.5) is 17.3 Å². The molecular formula is C22H20N4O3S. The lowest BCUT2D eigenvalue weighted by molar-refractivity contribution is 0.415. The average Bonchev–Trinajstić information content (AvgIpc) is 2.74. The van der Waals surface area contributed by atoms with Crippen molar-refractivity contribution in [3.05, 3.63) is 78.4 Å². The predicted molar refractivity (Wildman–Crippen MR) is 118 cm³/mol. The highest BCUT2D eigenvalue weighted by Crippen LogP contribution is 2.28. The number of anilines is 3.